The third-order valence-electron chi connectivity index (χ3n) is 1.91. The minimum atomic E-state index is -0.908. The van der Waals surface area contributed by atoms with Gasteiger partial charge >= 0.3 is 5.97 Å². The molecule has 0 aliphatic heterocycles. The molecule has 1 atom stereocenters. The number of nitrogen functional groups attached to an aromatic ring is 1. The number of carboxylic acid groups (broad SMARTS) is 1. The average molecular weight is 239 g/mol. The first kappa shape index (κ1) is 10.7. The minimum Gasteiger partial charge on any atom is -0.480 e. The number of carboxylic acids is 1. The van der Waals surface area contributed by atoms with E-state index in [2.05, 4.69) is 19.9 Å². The third-order valence-corrected chi connectivity index (χ3v) is 2.98. The van der Waals surface area contributed by atoms with Gasteiger partial charge in [-0.25, -0.2) is 9.97 Å². The predicted octanol–water partition coefficient (Wildman–Crippen LogP) is 0.500. The first-order valence-electron chi connectivity index (χ1n) is 4.44. The Morgan fingerprint density at radius 1 is 1.62 bits per heavy atom. The number of nitrogens with zero attached hydrogens (tertiary/aromatic N) is 3. The van der Waals surface area contributed by atoms with Crippen LogP contribution in [0.1, 0.15) is 6.92 Å². The summed E-state index contributed by atoms with van der Waals surface area (Å²) in [6.45, 7) is 1.58. The van der Waals surface area contributed by atoms with E-state index < -0.39 is 11.2 Å². The van der Waals surface area contributed by atoms with Gasteiger partial charge < -0.3 is 15.8 Å². The Bertz CT molecular complexity index is 540. The molecule has 2 rings (SSSR count). The van der Waals surface area contributed by atoms with Gasteiger partial charge in [0.05, 0.1) is 6.33 Å². The third kappa shape index (κ3) is 1.91. The van der Waals surface area contributed by atoms with Gasteiger partial charge in [0.2, 0.25) is 5.95 Å². The van der Waals surface area contributed by atoms with E-state index in [9.17, 15) is 4.79 Å². The number of nitrogens with two attached hydrogens (primary N) is 1. The quantitative estimate of drug-likeness (QED) is 0.527. The van der Waals surface area contributed by atoms with E-state index in [1.165, 1.54) is 6.33 Å². The minimum absolute atomic E-state index is 0.0830. The standard InChI is InChI=1S/C8H9N5O2S/c1-3(7(14)15)16-6-4-5(11-2-10-4)12-8(9)13-6/h2-3H,1H3,(H,14,15)(H3,9,10,11,12,13). The molecule has 0 saturated carbocycles. The number of rotatable bonds is 3. The fourth-order valence-corrected chi connectivity index (χ4v) is 1.98. The first-order valence-corrected chi connectivity index (χ1v) is 5.32. The Hall–Kier alpha value is -1.83. The summed E-state index contributed by atoms with van der Waals surface area (Å²) in [6.07, 6.45) is 1.47. The van der Waals surface area contributed by atoms with Crippen LogP contribution < -0.4 is 5.73 Å². The molecule has 2 heterocycles. The summed E-state index contributed by atoms with van der Waals surface area (Å²) in [5.74, 6) is -0.825. The van der Waals surface area contributed by atoms with Crippen LogP contribution in [0.2, 0.25) is 0 Å². The highest BCUT2D eigenvalue weighted by Gasteiger charge is 2.17. The van der Waals surface area contributed by atoms with Gasteiger partial charge in [0.15, 0.2) is 5.65 Å². The lowest BCUT2D eigenvalue weighted by Crippen LogP contribution is -2.12. The van der Waals surface area contributed by atoms with Gasteiger partial charge in [-0.1, -0.05) is 11.8 Å². The molecule has 0 fully saturated rings. The highest BCUT2D eigenvalue weighted by atomic mass is 32.2. The predicted molar refractivity (Wildman–Crippen MR) is 59.1 cm³/mol. The molecular weight excluding hydrogens is 230 g/mol. The van der Waals surface area contributed by atoms with Crippen LogP contribution >= 0.6 is 11.8 Å². The molecule has 0 bridgehead atoms. The van der Waals surface area contributed by atoms with E-state index in [0.29, 0.717) is 16.2 Å². The maximum atomic E-state index is 10.7. The molecule has 84 valence electrons. The number of thioether (sulfide) groups is 1. The second-order valence-corrected chi connectivity index (χ2v) is 4.42. The molecule has 0 aromatic carbocycles. The van der Waals surface area contributed by atoms with Crippen LogP contribution in [0.15, 0.2) is 11.4 Å². The van der Waals surface area contributed by atoms with Gasteiger partial charge in [-0.15, -0.1) is 0 Å². The zero-order chi connectivity index (χ0) is 11.7. The molecule has 16 heavy (non-hydrogen) atoms. The summed E-state index contributed by atoms with van der Waals surface area (Å²) < 4.78 is 0. The van der Waals surface area contributed by atoms with Gasteiger partial charge in [0, 0.05) is 0 Å². The van der Waals surface area contributed by atoms with Crippen LogP contribution in [-0.4, -0.2) is 36.3 Å². The molecule has 4 N–H and O–H groups in total. The van der Waals surface area contributed by atoms with Crippen LogP contribution in [-0.2, 0) is 4.79 Å². The number of imidazole rings is 1. The Morgan fingerprint density at radius 3 is 3.06 bits per heavy atom. The average Bonchev–Trinajstić information content (AvgIpc) is 2.65. The summed E-state index contributed by atoms with van der Waals surface area (Å²) in [5.41, 5.74) is 6.54. The molecular formula is C8H9N5O2S. The van der Waals surface area contributed by atoms with E-state index in [1.54, 1.807) is 6.92 Å². The van der Waals surface area contributed by atoms with Crippen LogP contribution in [0.3, 0.4) is 0 Å². The van der Waals surface area contributed by atoms with Crippen molar-refractivity contribution in [2.45, 2.75) is 17.2 Å². The number of aromatic amines is 1. The Morgan fingerprint density at radius 2 is 2.38 bits per heavy atom. The molecule has 0 aliphatic carbocycles. The van der Waals surface area contributed by atoms with Crippen molar-refractivity contribution in [1.29, 1.82) is 0 Å². The van der Waals surface area contributed by atoms with Gasteiger partial charge in [-0.3, -0.25) is 4.79 Å². The zero-order valence-corrected chi connectivity index (χ0v) is 9.15. The summed E-state index contributed by atoms with van der Waals surface area (Å²) in [4.78, 5) is 25.4. The second kappa shape index (κ2) is 3.97. The Labute approximate surface area is 94.5 Å². The lowest BCUT2D eigenvalue weighted by molar-refractivity contribution is -0.136. The van der Waals surface area contributed by atoms with Crippen molar-refractivity contribution in [3.05, 3.63) is 6.33 Å². The molecule has 1 unspecified atom stereocenters. The van der Waals surface area contributed by atoms with E-state index in [0.717, 1.165) is 11.8 Å². The normalized spacial score (nSPS) is 12.8. The lowest BCUT2D eigenvalue weighted by atomic mass is 10.5. The Balaban J connectivity index is 2.42. The number of aromatic nitrogens is 4. The number of aliphatic carboxylic acids is 1. The number of anilines is 1. The largest absolute Gasteiger partial charge is 0.480 e. The van der Waals surface area contributed by atoms with Crippen LogP contribution in [0, 0.1) is 0 Å². The molecule has 0 radical (unpaired) electrons. The number of hydrogen-bond acceptors (Lipinski definition) is 6. The van der Waals surface area contributed by atoms with E-state index in [4.69, 9.17) is 10.8 Å². The molecule has 7 nitrogen and oxygen atoms in total. The number of nitrogens with one attached hydrogen (secondary N) is 1. The van der Waals surface area contributed by atoms with E-state index >= 15 is 0 Å². The fraction of sp³-hybridized carbons (Fsp3) is 0.250. The molecule has 8 heteroatoms. The van der Waals surface area contributed by atoms with Crippen LogP contribution in [0.25, 0.3) is 11.2 Å². The first-order chi connectivity index (χ1) is 7.58. The number of hydrogen-bond donors (Lipinski definition) is 3. The van der Waals surface area contributed by atoms with Gasteiger partial charge in [0.1, 0.15) is 15.8 Å². The van der Waals surface area contributed by atoms with Crippen LogP contribution in [0.5, 0.6) is 0 Å². The maximum absolute atomic E-state index is 10.7. The van der Waals surface area contributed by atoms with Crippen molar-refractivity contribution in [1.82, 2.24) is 19.9 Å². The molecule has 2 aromatic heterocycles. The SMILES string of the molecule is CC(Sc1nc(N)nc2nc[nH]c12)C(=O)O. The topological polar surface area (TPSA) is 118 Å². The fourth-order valence-electron chi connectivity index (χ4n) is 1.13. The number of H-pyrrole nitrogens is 1. The van der Waals surface area contributed by atoms with Gasteiger partial charge in [-0.2, -0.15) is 4.98 Å². The van der Waals surface area contributed by atoms with Crippen molar-refractivity contribution in [3.8, 4) is 0 Å². The summed E-state index contributed by atoms with van der Waals surface area (Å²) >= 11 is 1.10. The number of carbonyl (C=O) groups is 1. The van der Waals surface area contributed by atoms with Crippen molar-refractivity contribution >= 4 is 34.8 Å². The molecule has 0 amide bonds. The van der Waals surface area contributed by atoms with Crippen molar-refractivity contribution in [3.63, 3.8) is 0 Å². The second-order valence-electron chi connectivity index (χ2n) is 3.09. The van der Waals surface area contributed by atoms with Crippen molar-refractivity contribution < 1.29 is 9.90 Å². The van der Waals surface area contributed by atoms with E-state index in [-0.39, 0.29) is 5.95 Å². The Kier molecular flexibility index (Phi) is 2.65. The van der Waals surface area contributed by atoms with Crippen LogP contribution in [0.4, 0.5) is 5.95 Å². The molecule has 0 spiro atoms. The highest BCUT2D eigenvalue weighted by Crippen LogP contribution is 2.27. The zero-order valence-electron chi connectivity index (χ0n) is 8.34. The van der Waals surface area contributed by atoms with Crippen molar-refractivity contribution in [2.24, 2.45) is 0 Å². The van der Waals surface area contributed by atoms with Crippen molar-refractivity contribution in [2.75, 3.05) is 5.73 Å². The van der Waals surface area contributed by atoms with Gasteiger partial charge in [0.25, 0.3) is 0 Å². The lowest BCUT2D eigenvalue weighted by Gasteiger charge is -2.05. The monoisotopic (exact) mass is 239 g/mol. The molecule has 0 aliphatic rings. The van der Waals surface area contributed by atoms with Gasteiger partial charge in [-0.05, 0) is 6.92 Å². The molecule has 0 saturated heterocycles. The molecule has 2 aromatic rings. The summed E-state index contributed by atoms with van der Waals surface area (Å²) in [5, 5.41) is 8.70. The maximum Gasteiger partial charge on any atom is 0.316 e. The number of fused-ring (bicyclic) bond motifs is 1. The summed E-state index contributed by atoms with van der Waals surface area (Å²) in [6, 6.07) is 0. The smallest absolute Gasteiger partial charge is 0.316 e. The summed E-state index contributed by atoms with van der Waals surface area (Å²) in [7, 11) is 0. The highest BCUT2D eigenvalue weighted by molar-refractivity contribution is 8.00. The van der Waals surface area contributed by atoms with E-state index in [1.807, 2.05) is 0 Å².